The zero-order valence-electron chi connectivity index (χ0n) is 11.9. The molecule has 1 unspecified atom stereocenters. The molecule has 0 spiro atoms. The minimum atomic E-state index is -0.680. The predicted molar refractivity (Wildman–Crippen MR) is 83.4 cm³/mol. The van der Waals surface area contributed by atoms with Crippen LogP contribution in [0.1, 0.15) is 11.3 Å². The van der Waals surface area contributed by atoms with Crippen LogP contribution in [-0.4, -0.2) is 34.0 Å². The lowest BCUT2D eigenvalue weighted by Gasteiger charge is -2.12. The van der Waals surface area contributed by atoms with E-state index in [2.05, 4.69) is 20.8 Å². The summed E-state index contributed by atoms with van der Waals surface area (Å²) in [7, 11) is 0. The maximum atomic E-state index is 11.6. The van der Waals surface area contributed by atoms with E-state index in [1.165, 1.54) is 0 Å². The number of aromatic nitrogens is 2. The number of carbonyl (C=O) groups is 1. The second-order valence-electron chi connectivity index (χ2n) is 4.77. The first-order valence-electron chi connectivity index (χ1n) is 6.84. The van der Waals surface area contributed by atoms with Gasteiger partial charge in [-0.1, -0.05) is 23.7 Å². The van der Waals surface area contributed by atoms with Gasteiger partial charge in [0.15, 0.2) is 0 Å². The third-order valence-corrected chi connectivity index (χ3v) is 3.15. The Morgan fingerprint density at radius 3 is 2.86 bits per heavy atom. The highest BCUT2D eigenvalue weighted by Gasteiger charge is 2.08. The van der Waals surface area contributed by atoms with Gasteiger partial charge < -0.3 is 15.7 Å². The lowest BCUT2D eigenvalue weighted by Crippen LogP contribution is -2.40. The van der Waals surface area contributed by atoms with Gasteiger partial charge in [-0.3, -0.25) is 0 Å². The minimum absolute atomic E-state index is 0.152. The molecule has 0 radical (unpaired) electrons. The Labute approximate surface area is 133 Å². The number of aliphatic hydroxyl groups is 1. The lowest BCUT2D eigenvalue weighted by atomic mass is 10.1. The summed E-state index contributed by atoms with van der Waals surface area (Å²) in [5.41, 5.74) is 1.58. The summed E-state index contributed by atoms with van der Waals surface area (Å²) in [4.78, 5) is 11.6. The van der Waals surface area contributed by atoms with Gasteiger partial charge in [0.25, 0.3) is 0 Å². The SMILES string of the molecule is O=C(NCc1cccnn1)NCC(O)Cc1cccc(Cl)c1. The van der Waals surface area contributed by atoms with Gasteiger partial charge in [-0.05, 0) is 29.8 Å². The first kappa shape index (κ1) is 16.2. The number of nitrogens with one attached hydrogen (secondary N) is 2. The van der Waals surface area contributed by atoms with Crippen molar-refractivity contribution in [2.45, 2.75) is 19.1 Å². The molecular weight excluding hydrogens is 304 g/mol. The number of nitrogens with zero attached hydrogens (tertiary/aromatic N) is 2. The summed E-state index contributed by atoms with van der Waals surface area (Å²) < 4.78 is 0. The Bertz CT molecular complexity index is 610. The van der Waals surface area contributed by atoms with Crippen molar-refractivity contribution >= 4 is 17.6 Å². The van der Waals surface area contributed by atoms with E-state index in [0.717, 1.165) is 5.56 Å². The molecule has 1 heterocycles. The molecule has 0 fully saturated rings. The van der Waals surface area contributed by atoms with E-state index < -0.39 is 6.10 Å². The van der Waals surface area contributed by atoms with Crippen molar-refractivity contribution in [3.05, 3.63) is 58.9 Å². The first-order valence-corrected chi connectivity index (χ1v) is 7.22. The molecule has 22 heavy (non-hydrogen) atoms. The maximum Gasteiger partial charge on any atom is 0.315 e. The molecule has 0 aliphatic rings. The van der Waals surface area contributed by atoms with Crippen LogP contribution in [0.25, 0.3) is 0 Å². The average molecular weight is 321 g/mol. The van der Waals surface area contributed by atoms with Crippen molar-refractivity contribution in [1.29, 1.82) is 0 Å². The van der Waals surface area contributed by atoms with Crippen LogP contribution in [0.4, 0.5) is 4.79 Å². The molecule has 0 bridgehead atoms. The zero-order valence-corrected chi connectivity index (χ0v) is 12.6. The normalized spacial score (nSPS) is 11.7. The molecule has 7 heteroatoms. The molecule has 3 N–H and O–H groups in total. The van der Waals surface area contributed by atoms with Crippen molar-refractivity contribution in [3.63, 3.8) is 0 Å². The standard InChI is InChI=1S/C15H17ClN4O2/c16-12-4-1-3-11(7-12)8-14(21)10-18-15(22)17-9-13-5-2-6-19-20-13/h1-7,14,21H,8-10H2,(H2,17,18,22). The number of benzene rings is 1. The van der Waals surface area contributed by atoms with Crippen molar-refractivity contribution in [3.8, 4) is 0 Å². The molecule has 2 aromatic rings. The van der Waals surface area contributed by atoms with Crippen LogP contribution < -0.4 is 10.6 Å². The number of amides is 2. The van der Waals surface area contributed by atoms with E-state index in [1.807, 2.05) is 12.1 Å². The second-order valence-corrected chi connectivity index (χ2v) is 5.20. The fraction of sp³-hybridized carbons (Fsp3) is 0.267. The average Bonchev–Trinajstić information content (AvgIpc) is 2.52. The lowest BCUT2D eigenvalue weighted by molar-refractivity contribution is 0.170. The molecule has 0 saturated heterocycles. The van der Waals surface area contributed by atoms with Crippen molar-refractivity contribution in [1.82, 2.24) is 20.8 Å². The Morgan fingerprint density at radius 2 is 2.14 bits per heavy atom. The summed E-state index contributed by atoms with van der Waals surface area (Å²) in [5, 5.41) is 23.4. The van der Waals surface area contributed by atoms with Gasteiger partial charge in [-0.25, -0.2) is 4.79 Å². The molecule has 0 saturated carbocycles. The van der Waals surface area contributed by atoms with Crippen LogP contribution in [0.15, 0.2) is 42.6 Å². The molecule has 1 aromatic heterocycles. The smallest absolute Gasteiger partial charge is 0.315 e. The Kier molecular flexibility index (Phi) is 6.12. The highest BCUT2D eigenvalue weighted by atomic mass is 35.5. The molecule has 0 aliphatic heterocycles. The summed E-state index contributed by atoms with van der Waals surface area (Å²) in [6.07, 6.45) is 1.31. The molecule has 0 aliphatic carbocycles. The van der Waals surface area contributed by atoms with Gasteiger partial charge in [0, 0.05) is 24.2 Å². The zero-order chi connectivity index (χ0) is 15.8. The van der Waals surface area contributed by atoms with Crippen LogP contribution in [-0.2, 0) is 13.0 Å². The number of carbonyl (C=O) groups excluding carboxylic acids is 1. The largest absolute Gasteiger partial charge is 0.391 e. The van der Waals surface area contributed by atoms with Crippen LogP contribution in [0, 0.1) is 0 Å². The molecule has 116 valence electrons. The van der Waals surface area contributed by atoms with Gasteiger partial charge in [0.05, 0.1) is 18.3 Å². The fourth-order valence-electron chi connectivity index (χ4n) is 1.88. The number of halogens is 1. The minimum Gasteiger partial charge on any atom is -0.391 e. The van der Waals surface area contributed by atoms with Crippen LogP contribution in [0.2, 0.25) is 5.02 Å². The molecule has 2 amide bonds. The van der Waals surface area contributed by atoms with Crippen molar-refractivity contribution in [2.75, 3.05) is 6.54 Å². The number of aliphatic hydroxyl groups excluding tert-OH is 1. The van der Waals surface area contributed by atoms with E-state index in [-0.39, 0.29) is 19.1 Å². The van der Waals surface area contributed by atoms with Crippen molar-refractivity contribution in [2.24, 2.45) is 0 Å². The van der Waals surface area contributed by atoms with Crippen molar-refractivity contribution < 1.29 is 9.90 Å². The van der Waals surface area contributed by atoms with Gasteiger partial charge >= 0.3 is 6.03 Å². The molecular formula is C15H17ClN4O2. The van der Waals surface area contributed by atoms with Gasteiger partial charge in [0.2, 0.25) is 0 Å². The number of rotatable bonds is 6. The number of urea groups is 1. The Morgan fingerprint density at radius 1 is 1.27 bits per heavy atom. The molecule has 2 rings (SSSR count). The highest BCUT2D eigenvalue weighted by Crippen LogP contribution is 2.12. The quantitative estimate of drug-likeness (QED) is 0.753. The van der Waals surface area contributed by atoms with E-state index in [9.17, 15) is 9.90 Å². The summed E-state index contributed by atoms with van der Waals surface area (Å²) in [6.45, 7) is 0.433. The van der Waals surface area contributed by atoms with Crippen LogP contribution in [0.3, 0.4) is 0 Å². The maximum absolute atomic E-state index is 11.6. The van der Waals surface area contributed by atoms with E-state index in [0.29, 0.717) is 17.1 Å². The second kappa shape index (κ2) is 8.31. The number of hydrogen-bond donors (Lipinski definition) is 3. The van der Waals surface area contributed by atoms with E-state index in [4.69, 9.17) is 11.6 Å². The van der Waals surface area contributed by atoms with Crippen LogP contribution in [0.5, 0.6) is 0 Å². The number of hydrogen-bond acceptors (Lipinski definition) is 4. The summed E-state index contributed by atoms with van der Waals surface area (Å²) >= 11 is 5.88. The van der Waals surface area contributed by atoms with Gasteiger partial charge in [-0.2, -0.15) is 10.2 Å². The third kappa shape index (κ3) is 5.67. The Hall–Kier alpha value is -2.18. The van der Waals surface area contributed by atoms with Gasteiger partial charge in [-0.15, -0.1) is 0 Å². The predicted octanol–water partition coefficient (Wildman–Crippen LogP) is 1.53. The molecule has 1 atom stereocenters. The monoisotopic (exact) mass is 320 g/mol. The van der Waals surface area contributed by atoms with Gasteiger partial charge in [0.1, 0.15) is 0 Å². The molecule has 6 nitrogen and oxygen atoms in total. The first-order chi connectivity index (χ1) is 10.6. The van der Waals surface area contributed by atoms with E-state index in [1.54, 1.807) is 30.5 Å². The fourth-order valence-corrected chi connectivity index (χ4v) is 2.09. The topological polar surface area (TPSA) is 87.1 Å². The van der Waals surface area contributed by atoms with E-state index >= 15 is 0 Å². The summed E-state index contributed by atoms with van der Waals surface area (Å²) in [6, 6.07) is 10.4. The third-order valence-electron chi connectivity index (χ3n) is 2.92. The molecule has 1 aromatic carbocycles. The Balaban J connectivity index is 1.69. The van der Waals surface area contributed by atoms with Crippen LogP contribution >= 0.6 is 11.6 Å². The summed E-state index contributed by atoms with van der Waals surface area (Å²) in [5.74, 6) is 0. The highest BCUT2D eigenvalue weighted by molar-refractivity contribution is 6.30.